The summed E-state index contributed by atoms with van der Waals surface area (Å²) in [4.78, 5) is 10.1. The topological polar surface area (TPSA) is 79.0 Å². The molecule has 20 heavy (non-hydrogen) atoms. The Labute approximate surface area is 127 Å². The Kier molecular flexibility index (Phi) is 4.14. The summed E-state index contributed by atoms with van der Waals surface area (Å²) in [5.74, 6) is -0.346. The molecule has 0 spiro atoms. The number of nitriles is 1. The van der Waals surface area contributed by atoms with E-state index in [2.05, 4.69) is 5.32 Å². The van der Waals surface area contributed by atoms with E-state index in [1.54, 1.807) is 12.1 Å². The second kappa shape index (κ2) is 5.83. The second-order valence-electron chi connectivity index (χ2n) is 3.85. The standard InChI is InChI=1S/C13H7FIN3O2/c14-9-1-3-12(11(15)6-9)17-10-2-4-13(18(19)20)8(5-10)7-16/h1-6,17H. The molecule has 100 valence electrons. The molecule has 0 unspecified atom stereocenters. The van der Waals surface area contributed by atoms with E-state index in [-0.39, 0.29) is 17.1 Å². The number of hydrogen-bond acceptors (Lipinski definition) is 4. The van der Waals surface area contributed by atoms with E-state index in [1.165, 1.54) is 30.3 Å². The van der Waals surface area contributed by atoms with Gasteiger partial charge in [-0.15, -0.1) is 0 Å². The fraction of sp³-hybridized carbons (Fsp3) is 0. The maximum Gasteiger partial charge on any atom is 0.287 e. The Morgan fingerprint density at radius 1 is 1.30 bits per heavy atom. The van der Waals surface area contributed by atoms with Crippen molar-refractivity contribution >= 4 is 39.7 Å². The van der Waals surface area contributed by atoms with Gasteiger partial charge in [-0.2, -0.15) is 5.26 Å². The number of nitrogens with one attached hydrogen (secondary N) is 1. The highest BCUT2D eigenvalue weighted by molar-refractivity contribution is 14.1. The molecule has 0 radical (unpaired) electrons. The molecule has 0 bridgehead atoms. The van der Waals surface area contributed by atoms with E-state index in [9.17, 15) is 14.5 Å². The van der Waals surface area contributed by atoms with Gasteiger partial charge in [-0.1, -0.05) is 0 Å². The van der Waals surface area contributed by atoms with Gasteiger partial charge in [0, 0.05) is 15.3 Å². The van der Waals surface area contributed by atoms with Gasteiger partial charge in [0.2, 0.25) is 0 Å². The first-order valence-corrected chi connectivity index (χ1v) is 6.50. The summed E-state index contributed by atoms with van der Waals surface area (Å²) in [5.41, 5.74) is 0.908. The molecule has 7 heteroatoms. The van der Waals surface area contributed by atoms with Crippen LogP contribution in [0, 0.1) is 30.8 Å². The van der Waals surface area contributed by atoms with Crippen LogP contribution in [0.1, 0.15) is 5.56 Å². The number of anilines is 2. The van der Waals surface area contributed by atoms with Gasteiger partial charge in [0.25, 0.3) is 5.69 Å². The predicted octanol–water partition coefficient (Wildman–Crippen LogP) is 3.95. The van der Waals surface area contributed by atoms with Crippen molar-refractivity contribution in [3.8, 4) is 6.07 Å². The van der Waals surface area contributed by atoms with Crippen molar-refractivity contribution in [1.82, 2.24) is 0 Å². The van der Waals surface area contributed by atoms with Gasteiger partial charge in [-0.25, -0.2) is 4.39 Å². The number of benzene rings is 2. The van der Waals surface area contributed by atoms with Gasteiger partial charge in [0.05, 0.1) is 10.6 Å². The monoisotopic (exact) mass is 383 g/mol. The second-order valence-corrected chi connectivity index (χ2v) is 5.01. The van der Waals surface area contributed by atoms with Crippen molar-refractivity contribution in [1.29, 1.82) is 5.26 Å². The van der Waals surface area contributed by atoms with Crippen LogP contribution >= 0.6 is 22.6 Å². The van der Waals surface area contributed by atoms with Crippen molar-refractivity contribution in [2.75, 3.05) is 5.32 Å². The molecule has 2 aromatic rings. The molecule has 0 fully saturated rings. The average Bonchev–Trinajstić information content (AvgIpc) is 2.41. The third-order valence-corrected chi connectivity index (χ3v) is 3.42. The van der Waals surface area contributed by atoms with Crippen LogP contribution in [0.15, 0.2) is 36.4 Å². The van der Waals surface area contributed by atoms with E-state index in [0.29, 0.717) is 14.9 Å². The number of nitro benzene ring substituents is 1. The Bertz CT molecular complexity index is 728. The molecular formula is C13H7FIN3O2. The Hall–Kier alpha value is -2.21. The molecule has 1 N–H and O–H groups in total. The summed E-state index contributed by atoms with van der Waals surface area (Å²) in [6.07, 6.45) is 0. The zero-order chi connectivity index (χ0) is 14.7. The third kappa shape index (κ3) is 3.03. The number of rotatable bonds is 3. The first-order valence-electron chi connectivity index (χ1n) is 5.42. The number of halogens is 2. The summed E-state index contributed by atoms with van der Waals surface area (Å²) in [6, 6.07) is 10.2. The first-order chi connectivity index (χ1) is 9.51. The van der Waals surface area contributed by atoms with Crippen LogP contribution in [-0.4, -0.2) is 4.92 Å². The van der Waals surface area contributed by atoms with E-state index in [4.69, 9.17) is 5.26 Å². The van der Waals surface area contributed by atoms with Gasteiger partial charge in [0.15, 0.2) is 0 Å². The van der Waals surface area contributed by atoms with E-state index in [1.807, 2.05) is 22.6 Å². The van der Waals surface area contributed by atoms with Crippen LogP contribution in [-0.2, 0) is 0 Å². The molecule has 2 aromatic carbocycles. The Balaban J connectivity index is 2.35. The quantitative estimate of drug-likeness (QED) is 0.495. The molecule has 0 heterocycles. The normalized spacial score (nSPS) is 9.85. The van der Waals surface area contributed by atoms with Crippen molar-refractivity contribution in [3.05, 3.63) is 61.5 Å². The van der Waals surface area contributed by atoms with Crippen LogP contribution in [0.2, 0.25) is 0 Å². The maximum absolute atomic E-state index is 13.0. The highest BCUT2D eigenvalue weighted by Crippen LogP contribution is 2.27. The molecular weight excluding hydrogens is 376 g/mol. The van der Waals surface area contributed by atoms with Crippen LogP contribution in [0.5, 0.6) is 0 Å². The van der Waals surface area contributed by atoms with Gasteiger partial charge in [-0.3, -0.25) is 10.1 Å². The fourth-order valence-electron chi connectivity index (χ4n) is 1.61. The van der Waals surface area contributed by atoms with Crippen LogP contribution in [0.25, 0.3) is 0 Å². The molecule has 0 aliphatic rings. The van der Waals surface area contributed by atoms with E-state index >= 15 is 0 Å². The summed E-state index contributed by atoms with van der Waals surface area (Å²) in [5, 5.41) is 22.6. The molecule has 2 rings (SSSR count). The van der Waals surface area contributed by atoms with Crippen molar-refractivity contribution in [2.45, 2.75) is 0 Å². The predicted molar refractivity (Wildman–Crippen MR) is 80.2 cm³/mol. The molecule has 0 aliphatic heterocycles. The van der Waals surface area contributed by atoms with Crippen LogP contribution in [0.3, 0.4) is 0 Å². The maximum atomic E-state index is 13.0. The lowest BCUT2D eigenvalue weighted by atomic mass is 10.1. The summed E-state index contributed by atoms with van der Waals surface area (Å²) in [7, 11) is 0. The number of nitrogens with zero attached hydrogens (tertiary/aromatic N) is 2. The number of hydrogen-bond donors (Lipinski definition) is 1. The van der Waals surface area contributed by atoms with Crippen LogP contribution < -0.4 is 5.32 Å². The van der Waals surface area contributed by atoms with Crippen molar-refractivity contribution in [3.63, 3.8) is 0 Å². The SMILES string of the molecule is N#Cc1cc(Nc2ccc(F)cc2I)ccc1[N+](=O)[O-]. The average molecular weight is 383 g/mol. The van der Waals surface area contributed by atoms with Gasteiger partial charge in [0.1, 0.15) is 17.4 Å². The minimum Gasteiger partial charge on any atom is -0.355 e. The zero-order valence-corrected chi connectivity index (χ0v) is 12.1. The van der Waals surface area contributed by atoms with Gasteiger partial charge in [-0.05, 0) is 52.9 Å². The fourth-order valence-corrected chi connectivity index (χ4v) is 2.22. The molecule has 0 amide bonds. The first kappa shape index (κ1) is 14.2. The molecule has 0 saturated carbocycles. The third-order valence-electron chi connectivity index (χ3n) is 2.52. The Morgan fingerprint density at radius 2 is 2.05 bits per heavy atom. The highest BCUT2D eigenvalue weighted by Gasteiger charge is 2.14. The molecule has 0 saturated heterocycles. The van der Waals surface area contributed by atoms with E-state index < -0.39 is 4.92 Å². The summed E-state index contributed by atoms with van der Waals surface area (Å²) in [6.45, 7) is 0. The summed E-state index contributed by atoms with van der Waals surface area (Å²) >= 11 is 1.97. The molecule has 0 aromatic heterocycles. The number of nitro groups is 1. The minimum atomic E-state index is -0.607. The van der Waals surface area contributed by atoms with Gasteiger partial charge < -0.3 is 5.32 Å². The molecule has 5 nitrogen and oxygen atoms in total. The van der Waals surface area contributed by atoms with Crippen molar-refractivity contribution < 1.29 is 9.31 Å². The molecule has 0 aliphatic carbocycles. The van der Waals surface area contributed by atoms with E-state index in [0.717, 1.165) is 0 Å². The lowest BCUT2D eigenvalue weighted by molar-refractivity contribution is -0.385. The largest absolute Gasteiger partial charge is 0.355 e. The zero-order valence-electron chi connectivity index (χ0n) is 9.93. The Morgan fingerprint density at radius 3 is 2.65 bits per heavy atom. The minimum absolute atomic E-state index is 0.0304. The summed E-state index contributed by atoms with van der Waals surface area (Å²) < 4.78 is 13.7. The van der Waals surface area contributed by atoms with Crippen LogP contribution in [0.4, 0.5) is 21.5 Å². The smallest absolute Gasteiger partial charge is 0.287 e. The lowest BCUT2D eigenvalue weighted by Crippen LogP contribution is -1.97. The lowest BCUT2D eigenvalue weighted by Gasteiger charge is -2.09. The molecule has 0 atom stereocenters. The van der Waals surface area contributed by atoms with Crippen molar-refractivity contribution in [2.24, 2.45) is 0 Å². The van der Waals surface area contributed by atoms with Gasteiger partial charge >= 0.3 is 0 Å². The highest BCUT2D eigenvalue weighted by atomic mass is 127.